The van der Waals surface area contributed by atoms with Crippen LogP contribution in [0.4, 0.5) is 5.69 Å². The Morgan fingerprint density at radius 1 is 1.22 bits per heavy atom. The molecule has 0 radical (unpaired) electrons. The second-order valence-corrected chi connectivity index (χ2v) is 7.07. The molecule has 2 fully saturated rings. The van der Waals surface area contributed by atoms with Crippen molar-refractivity contribution in [1.82, 2.24) is 9.80 Å². The van der Waals surface area contributed by atoms with Gasteiger partial charge < -0.3 is 9.80 Å². The van der Waals surface area contributed by atoms with Gasteiger partial charge in [-0.3, -0.25) is 14.9 Å². The van der Waals surface area contributed by atoms with Gasteiger partial charge in [0.1, 0.15) is 5.37 Å². The fourth-order valence-corrected chi connectivity index (χ4v) is 4.40. The average Bonchev–Trinajstić information content (AvgIpc) is 2.95. The van der Waals surface area contributed by atoms with E-state index in [1.165, 1.54) is 25.3 Å². The molecule has 2 aliphatic heterocycles. The summed E-state index contributed by atoms with van der Waals surface area (Å²) in [7, 11) is 0. The van der Waals surface area contributed by atoms with E-state index in [9.17, 15) is 14.9 Å². The van der Waals surface area contributed by atoms with Gasteiger partial charge in [0.05, 0.1) is 10.7 Å². The Bertz CT molecular complexity index is 590. The van der Waals surface area contributed by atoms with Gasteiger partial charge in [0, 0.05) is 25.2 Å². The highest BCUT2D eigenvalue weighted by molar-refractivity contribution is 8.00. The molecule has 0 N–H and O–H groups in total. The van der Waals surface area contributed by atoms with E-state index in [0.29, 0.717) is 12.3 Å². The van der Waals surface area contributed by atoms with Gasteiger partial charge in [-0.2, -0.15) is 0 Å². The molecule has 0 aliphatic carbocycles. The molecule has 23 heavy (non-hydrogen) atoms. The summed E-state index contributed by atoms with van der Waals surface area (Å²) >= 11 is 1.55. The molecule has 0 saturated carbocycles. The molecule has 0 unspecified atom stereocenters. The van der Waals surface area contributed by atoms with Gasteiger partial charge in [-0.15, -0.1) is 11.8 Å². The first kappa shape index (κ1) is 16.3. The number of likely N-dealkylation sites (tertiary alicyclic amines) is 1. The van der Waals surface area contributed by atoms with Gasteiger partial charge in [0.15, 0.2) is 0 Å². The number of hydrogen-bond donors (Lipinski definition) is 0. The SMILES string of the molecule is O=C1CS[C@H](c2cccc([N+](=O)[O-])c2)N1CCN1CCCCC1. The molecule has 2 saturated heterocycles. The predicted molar refractivity (Wildman–Crippen MR) is 90.3 cm³/mol. The highest BCUT2D eigenvalue weighted by Gasteiger charge is 2.33. The summed E-state index contributed by atoms with van der Waals surface area (Å²) in [4.78, 5) is 27.1. The third kappa shape index (κ3) is 3.84. The molecule has 0 spiro atoms. The third-order valence-electron chi connectivity index (χ3n) is 4.44. The zero-order valence-corrected chi connectivity index (χ0v) is 13.8. The second-order valence-electron chi connectivity index (χ2n) is 6.00. The zero-order valence-electron chi connectivity index (χ0n) is 13.0. The minimum absolute atomic E-state index is 0.0819. The Balaban J connectivity index is 1.69. The molecule has 0 bridgehead atoms. The van der Waals surface area contributed by atoms with Crippen molar-refractivity contribution in [3.8, 4) is 0 Å². The van der Waals surface area contributed by atoms with E-state index in [1.54, 1.807) is 23.9 Å². The van der Waals surface area contributed by atoms with Gasteiger partial charge in [0.2, 0.25) is 5.91 Å². The fraction of sp³-hybridized carbons (Fsp3) is 0.562. The Morgan fingerprint density at radius 3 is 2.74 bits per heavy atom. The van der Waals surface area contributed by atoms with Crippen molar-refractivity contribution in [3.63, 3.8) is 0 Å². The number of amides is 1. The molecule has 1 aromatic rings. The van der Waals surface area contributed by atoms with Crippen LogP contribution in [0.25, 0.3) is 0 Å². The number of carbonyl (C=O) groups is 1. The standard InChI is InChI=1S/C16H21N3O3S/c20-15-12-23-16(13-5-4-6-14(11-13)19(21)22)18(15)10-9-17-7-2-1-3-8-17/h4-6,11,16H,1-3,7-10,12H2/t16-/m1/s1. The van der Waals surface area contributed by atoms with Crippen molar-refractivity contribution in [1.29, 1.82) is 0 Å². The first-order valence-corrected chi connectivity index (χ1v) is 9.08. The van der Waals surface area contributed by atoms with E-state index >= 15 is 0 Å². The maximum Gasteiger partial charge on any atom is 0.269 e. The maximum atomic E-state index is 12.2. The molecule has 2 heterocycles. The zero-order chi connectivity index (χ0) is 16.2. The third-order valence-corrected chi connectivity index (χ3v) is 5.70. The molecule has 7 heteroatoms. The average molecular weight is 335 g/mol. The lowest BCUT2D eigenvalue weighted by molar-refractivity contribution is -0.384. The van der Waals surface area contributed by atoms with E-state index < -0.39 is 0 Å². The number of nitrogens with zero attached hydrogens (tertiary/aromatic N) is 3. The summed E-state index contributed by atoms with van der Waals surface area (Å²) in [6, 6.07) is 6.64. The van der Waals surface area contributed by atoms with Gasteiger partial charge in [-0.25, -0.2) is 0 Å². The Labute approximate surface area is 140 Å². The summed E-state index contributed by atoms with van der Waals surface area (Å²) in [6.07, 6.45) is 3.76. The molecule has 1 aromatic carbocycles. The monoisotopic (exact) mass is 335 g/mol. The van der Waals surface area contributed by atoms with Crippen molar-refractivity contribution < 1.29 is 9.72 Å². The van der Waals surface area contributed by atoms with Crippen molar-refractivity contribution in [2.75, 3.05) is 31.9 Å². The Morgan fingerprint density at radius 2 is 2.00 bits per heavy atom. The van der Waals surface area contributed by atoms with Crippen LogP contribution >= 0.6 is 11.8 Å². The minimum atomic E-state index is -0.386. The molecular formula is C16H21N3O3S. The van der Waals surface area contributed by atoms with Crippen LogP contribution < -0.4 is 0 Å². The first-order chi connectivity index (χ1) is 11.1. The number of nitro groups is 1. The number of rotatable bonds is 5. The van der Waals surface area contributed by atoms with E-state index in [0.717, 1.165) is 25.2 Å². The lowest BCUT2D eigenvalue weighted by atomic mass is 10.1. The largest absolute Gasteiger partial charge is 0.325 e. The van der Waals surface area contributed by atoms with Crippen LogP contribution in [-0.2, 0) is 4.79 Å². The smallest absolute Gasteiger partial charge is 0.269 e. The summed E-state index contributed by atoms with van der Waals surface area (Å²) < 4.78 is 0. The highest BCUT2D eigenvalue weighted by Crippen LogP contribution is 2.39. The van der Waals surface area contributed by atoms with Crippen molar-refractivity contribution in [3.05, 3.63) is 39.9 Å². The van der Waals surface area contributed by atoms with Crippen molar-refractivity contribution in [2.24, 2.45) is 0 Å². The molecule has 124 valence electrons. The quantitative estimate of drug-likeness (QED) is 0.611. The van der Waals surface area contributed by atoms with Crippen LogP contribution in [0.5, 0.6) is 0 Å². The summed E-state index contributed by atoms with van der Waals surface area (Å²) in [5.74, 6) is 0.580. The Hall–Kier alpha value is -1.60. The predicted octanol–water partition coefficient (Wildman–Crippen LogP) is 2.65. The molecule has 2 aliphatic rings. The number of thioether (sulfide) groups is 1. The lowest BCUT2D eigenvalue weighted by Gasteiger charge is -2.30. The second kappa shape index (κ2) is 7.31. The first-order valence-electron chi connectivity index (χ1n) is 8.03. The molecule has 3 rings (SSSR count). The van der Waals surface area contributed by atoms with Crippen LogP contribution in [-0.4, -0.2) is 52.6 Å². The van der Waals surface area contributed by atoms with Crippen LogP contribution in [0.3, 0.4) is 0 Å². The van der Waals surface area contributed by atoms with Gasteiger partial charge in [-0.1, -0.05) is 18.6 Å². The van der Waals surface area contributed by atoms with E-state index in [4.69, 9.17) is 0 Å². The van der Waals surface area contributed by atoms with Crippen molar-refractivity contribution >= 4 is 23.4 Å². The fourth-order valence-electron chi connectivity index (χ4n) is 3.20. The summed E-state index contributed by atoms with van der Waals surface area (Å²) in [6.45, 7) is 3.80. The molecule has 6 nitrogen and oxygen atoms in total. The number of benzene rings is 1. The normalized spacial score (nSPS) is 22.5. The number of carbonyl (C=O) groups excluding carboxylic acids is 1. The number of hydrogen-bond acceptors (Lipinski definition) is 5. The van der Waals surface area contributed by atoms with E-state index in [2.05, 4.69) is 4.90 Å². The van der Waals surface area contributed by atoms with Crippen LogP contribution in [0.2, 0.25) is 0 Å². The molecule has 0 aromatic heterocycles. The van der Waals surface area contributed by atoms with Crippen LogP contribution in [0.1, 0.15) is 30.2 Å². The number of non-ortho nitro benzene ring substituents is 1. The maximum absolute atomic E-state index is 12.2. The highest BCUT2D eigenvalue weighted by atomic mass is 32.2. The minimum Gasteiger partial charge on any atom is -0.325 e. The van der Waals surface area contributed by atoms with Gasteiger partial charge in [-0.05, 0) is 31.5 Å². The van der Waals surface area contributed by atoms with Crippen LogP contribution in [0, 0.1) is 10.1 Å². The molecular weight excluding hydrogens is 314 g/mol. The van der Waals surface area contributed by atoms with Gasteiger partial charge >= 0.3 is 0 Å². The van der Waals surface area contributed by atoms with E-state index in [-0.39, 0.29) is 21.9 Å². The Kier molecular flexibility index (Phi) is 5.17. The molecule has 1 atom stereocenters. The number of nitro benzene ring substituents is 1. The lowest BCUT2D eigenvalue weighted by Crippen LogP contribution is -2.39. The molecule has 1 amide bonds. The van der Waals surface area contributed by atoms with Crippen molar-refractivity contribution in [2.45, 2.75) is 24.6 Å². The van der Waals surface area contributed by atoms with Crippen LogP contribution in [0.15, 0.2) is 24.3 Å². The summed E-state index contributed by atoms with van der Waals surface area (Å²) in [5.41, 5.74) is 0.923. The topological polar surface area (TPSA) is 66.7 Å². The van der Waals surface area contributed by atoms with Gasteiger partial charge in [0.25, 0.3) is 5.69 Å². The van der Waals surface area contributed by atoms with E-state index in [1.807, 2.05) is 11.0 Å². The number of piperidine rings is 1. The summed E-state index contributed by atoms with van der Waals surface area (Å²) in [5, 5.41) is 10.9.